The third kappa shape index (κ3) is 5.31. The lowest BCUT2D eigenvalue weighted by molar-refractivity contribution is 0.0942. The molecule has 0 aliphatic carbocycles. The van der Waals surface area contributed by atoms with E-state index < -0.39 is 11.9 Å². The molecule has 2 aromatic heterocycles. The molecule has 1 aliphatic rings. The van der Waals surface area contributed by atoms with Gasteiger partial charge in [0.15, 0.2) is 5.82 Å². The van der Waals surface area contributed by atoms with Crippen LogP contribution in [0.15, 0.2) is 79.1 Å². The van der Waals surface area contributed by atoms with Gasteiger partial charge in [0.25, 0.3) is 5.91 Å². The maximum atomic E-state index is 14.3. The average Bonchev–Trinajstić information content (AvgIpc) is 3.41. The van der Waals surface area contributed by atoms with Crippen molar-refractivity contribution in [3.63, 3.8) is 0 Å². The highest BCUT2D eigenvalue weighted by atomic mass is 19.1. The van der Waals surface area contributed by atoms with Gasteiger partial charge in [-0.1, -0.05) is 18.2 Å². The fraction of sp³-hybridized carbons (Fsp3) is 0.219. The van der Waals surface area contributed by atoms with E-state index >= 15 is 0 Å². The van der Waals surface area contributed by atoms with Gasteiger partial charge >= 0.3 is 0 Å². The largest absolute Gasteiger partial charge is 0.508 e. The number of hydrogen-bond donors (Lipinski definition) is 4. The predicted octanol–water partition coefficient (Wildman–Crippen LogP) is 5.76. The number of aromatic hydroxyl groups is 1. The molecule has 7 nitrogen and oxygen atoms in total. The average molecular weight is 536 g/mol. The predicted molar refractivity (Wildman–Crippen MR) is 153 cm³/mol. The number of amides is 1. The molecule has 5 aromatic rings. The molecular formula is C32H30FN5O2. The summed E-state index contributed by atoms with van der Waals surface area (Å²) in [6.45, 7) is 3.91. The number of hydrogen-bond acceptors (Lipinski definition) is 5. The molecular weight excluding hydrogens is 505 g/mol. The molecule has 6 rings (SSSR count). The Kier molecular flexibility index (Phi) is 7.00. The first kappa shape index (κ1) is 25.7. The van der Waals surface area contributed by atoms with Crippen molar-refractivity contribution in [2.45, 2.75) is 31.7 Å². The van der Waals surface area contributed by atoms with Gasteiger partial charge in [0.2, 0.25) is 0 Å². The second-order valence-electron chi connectivity index (χ2n) is 10.4. The number of carbonyl (C=O) groups excluding carboxylic acids is 1. The van der Waals surface area contributed by atoms with E-state index in [9.17, 15) is 14.3 Å². The zero-order chi connectivity index (χ0) is 27.6. The molecule has 1 saturated heterocycles. The number of nitrogens with one attached hydrogen (secondary N) is 3. The van der Waals surface area contributed by atoms with Gasteiger partial charge in [-0.25, -0.2) is 14.4 Å². The Bertz CT molecular complexity index is 1640. The van der Waals surface area contributed by atoms with Crippen LogP contribution >= 0.6 is 0 Å². The van der Waals surface area contributed by atoms with Gasteiger partial charge < -0.3 is 20.7 Å². The van der Waals surface area contributed by atoms with E-state index in [0.717, 1.165) is 53.5 Å². The summed E-state index contributed by atoms with van der Waals surface area (Å²) in [5.41, 5.74) is 4.91. The van der Waals surface area contributed by atoms with Crippen molar-refractivity contribution in [3.05, 3.63) is 113 Å². The van der Waals surface area contributed by atoms with Gasteiger partial charge in [-0.3, -0.25) is 4.79 Å². The minimum absolute atomic E-state index is 0.113. The standard InChI is InChI=1S/C32H30FN5O2/c1-19-12-22(31-35-17-24(18-36-31)20-8-10-34-11-9-20)14-23(13-19)32(40)38-30(26-16-25(33)6-7-29(26)39)28-15-21-4-2-3-5-27(21)37-28/h2-7,12-18,20,30,34,37,39H,8-11H2,1H3,(H,38,40)/t30-/m1/s1. The van der Waals surface area contributed by atoms with Gasteiger partial charge in [-0.2, -0.15) is 0 Å². The lowest BCUT2D eigenvalue weighted by atomic mass is 9.92. The second-order valence-corrected chi connectivity index (χ2v) is 10.4. The number of fused-ring (bicyclic) bond motifs is 1. The minimum Gasteiger partial charge on any atom is -0.508 e. The Morgan fingerprint density at radius 1 is 1.02 bits per heavy atom. The molecule has 40 heavy (non-hydrogen) atoms. The first-order valence-corrected chi connectivity index (χ1v) is 13.5. The van der Waals surface area contributed by atoms with E-state index in [4.69, 9.17) is 0 Å². The lowest BCUT2D eigenvalue weighted by Crippen LogP contribution is -2.30. The van der Waals surface area contributed by atoms with Crippen LogP contribution in [0.3, 0.4) is 0 Å². The van der Waals surface area contributed by atoms with Crippen molar-refractivity contribution >= 4 is 16.8 Å². The summed E-state index contributed by atoms with van der Waals surface area (Å²) < 4.78 is 14.3. The number of aromatic nitrogens is 3. The van der Waals surface area contributed by atoms with Crippen LogP contribution in [0.4, 0.5) is 4.39 Å². The molecule has 1 aliphatic heterocycles. The summed E-state index contributed by atoms with van der Waals surface area (Å²) in [4.78, 5) is 26.2. The number of aromatic amines is 1. The molecule has 4 N–H and O–H groups in total. The third-order valence-corrected chi connectivity index (χ3v) is 7.52. The number of H-pyrrole nitrogens is 1. The number of phenols is 1. The summed E-state index contributed by atoms with van der Waals surface area (Å²) in [7, 11) is 0. The van der Waals surface area contributed by atoms with Crippen molar-refractivity contribution in [3.8, 4) is 17.1 Å². The van der Waals surface area contributed by atoms with Crippen molar-refractivity contribution < 1.29 is 14.3 Å². The van der Waals surface area contributed by atoms with Crippen LogP contribution in [0.5, 0.6) is 5.75 Å². The highest BCUT2D eigenvalue weighted by molar-refractivity contribution is 5.96. The van der Waals surface area contributed by atoms with Crippen LogP contribution in [0.2, 0.25) is 0 Å². The molecule has 0 unspecified atom stereocenters. The number of para-hydroxylation sites is 1. The van der Waals surface area contributed by atoms with E-state index in [2.05, 4.69) is 25.6 Å². The number of carbonyl (C=O) groups is 1. The van der Waals surface area contributed by atoms with Crippen LogP contribution in [0.25, 0.3) is 22.3 Å². The second kappa shape index (κ2) is 10.9. The Balaban J connectivity index is 1.32. The van der Waals surface area contributed by atoms with Crippen LogP contribution < -0.4 is 10.6 Å². The molecule has 3 aromatic carbocycles. The molecule has 0 radical (unpaired) electrons. The van der Waals surface area contributed by atoms with E-state index in [0.29, 0.717) is 23.0 Å². The fourth-order valence-electron chi connectivity index (χ4n) is 5.44. The van der Waals surface area contributed by atoms with Crippen LogP contribution in [0.1, 0.15) is 57.5 Å². The maximum absolute atomic E-state index is 14.3. The lowest BCUT2D eigenvalue weighted by Gasteiger charge is -2.22. The van der Waals surface area contributed by atoms with Crippen molar-refractivity contribution in [2.75, 3.05) is 13.1 Å². The zero-order valence-electron chi connectivity index (χ0n) is 22.1. The van der Waals surface area contributed by atoms with Crippen LogP contribution in [-0.4, -0.2) is 39.1 Å². The molecule has 8 heteroatoms. The molecule has 202 valence electrons. The summed E-state index contributed by atoms with van der Waals surface area (Å²) in [6, 6.07) is 18.0. The van der Waals surface area contributed by atoms with Gasteiger partial charge in [-0.05, 0) is 104 Å². The first-order valence-electron chi connectivity index (χ1n) is 13.5. The summed E-state index contributed by atoms with van der Waals surface area (Å²) in [6.07, 6.45) is 5.91. The van der Waals surface area contributed by atoms with E-state index in [1.54, 1.807) is 12.1 Å². The quantitative estimate of drug-likeness (QED) is 0.221. The Labute approximate surface area is 231 Å². The number of phenolic OH excluding ortho intramolecular Hbond substituents is 1. The number of halogens is 1. The Hall–Kier alpha value is -4.56. The fourth-order valence-corrected chi connectivity index (χ4v) is 5.44. The van der Waals surface area contributed by atoms with Crippen molar-refractivity contribution in [1.29, 1.82) is 0 Å². The number of aryl methyl sites for hydroxylation is 1. The highest BCUT2D eigenvalue weighted by Crippen LogP contribution is 2.32. The van der Waals surface area contributed by atoms with E-state index in [1.165, 1.54) is 18.2 Å². The number of benzene rings is 3. The molecule has 0 bridgehead atoms. The molecule has 1 fully saturated rings. The minimum atomic E-state index is -0.819. The molecule has 1 atom stereocenters. The van der Waals surface area contributed by atoms with Gasteiger partial charge in [0.1, 0.15) is 11.6 Å². The highest BCUT2D eigenvalue weighted by Gasteiger charge is 2.24. The molecule has 0 spiro atoms. The number of nitrogens with zero attached hydrogens (tertiary/aromatic N) is 2. The van der Waals surface area contributed by atoms with Gasteiger partial charge in [0, 0.05) is 40.3 Å². The Morgan fingerprint density at radius 3 is 2.58 bits per heavy atom. The molecule has 1 amide bonds. The van der Waals surface area contributed by atoms with Crippen LogP contribution in [-0.2, 0) is 0 Å². The third-order valence-electron chi connectivity index (χ3n) is 7.52. The van der Waals surface area contributed by atoms with Crippen molar-refractivity contribution in [2.24, 2.45) is 0 Å². The normalized spacial score (nSPS) is 14.8. The smallest absolute Gasteiger partial charge is 0.252 e. The summed E-state index contributed by atoms with van der Waals surface area (Å²) in [5, 5.41) is 18.0. The number of rotatable bonds is 6. The van der Waals surface area contributed by atoms with E-state index in [1.807, 2.05) is 55.7 Å². The first-order chi connectivity index (χ1) is 19.4. The molecule has 0 saturated carbocycles. The Morgan fingerprint density at radius 2 is 1.80 bits per heavy atom. The van der Waals surface area contributed by atoms with Gasteiger partial charge in [0.05, 0.1) is 6.04 Å². The van der Waals surface area contributed by atoms with Crippen LogP contribution in [0, 0.1) is 12.7 Å². The maximum Gasteiger partial charge on any atom is 0.252 e. The summed E-state index contributed by atoms with van der Waals surface area (Å²) in [5.74, 6) is 0.00698. The zero-order valence-corrected chi connectivity index (χ0v) is 22.1. The number of piperidine rings is 1. The topological polar surface area (TPSA) is 103 Å². The SMILES string of the molecule is Cc1cc(C(=O)N[C@@H](c2cc3ccccc3[nH]2)c2cc(F)ccc2O)cc(-c2ncc(C3CCNCC3)cn2)c1. The van der Waals surface area contributed by atoms with E-state index in [-0.39, 0.29) is 17.2 Å². The van der Waals surface area contributed by atoms with Crippen molar-refractivity contribution in [1.82, 2.24) is 25.6 Å². The summed E-state index contributed by atoms with van der Waals surface area (Å²) >= 11 is 0. The molecule has 3 heterocycles. The van der Waals surface area contributed by atoms with Gasteiger partial charge in [-0.15, -0.1) is 0 Å². The monoisotopic (exact) mass is 535 g/mol.